The van der Waals surface area contributed by atoms with E-state index >= 15 is 0 Å². The maximum absolute atomic E-state index is 14.1. The van der Waals surface area contributed by atoms with Crippen LogP contribution in [0.2, 0.25) is 0 Å². The third kappa shape index (κ3) is 5.63. The maximum atomic E-state index is 14.1. The van der Waals surface area contributed by atoms with E-state index in [1.54, 1.807) is 0 Å². The molecule has 0 amide bonds. The standard InChI is InChI=1S/C42H18F12N2O2/c43-39(44,45)19-1-7-25-26-8-2-20(40(46,47)48)14-34(26)55(33(25)13-19)23-5-11-29-31(17-23)37(57)30-12-6-24(18-32(30)38(29)58)56-35-15-21(41(49,50)51)3-9-27(35)28-10-4-22(16-36(28)56)42(52,53)54/h1-18H. The molecule has 292 valence electrons. The fraction of sp³-hybridized carbons (Fsp3) is 0.0952. The monoisotopic (exact) mass is 810 g/mol. The van der Waals surface area contributed by atoms with E-state index in [-0.39, 0.29) is 77.2 Å². The third-order valence-electron chi connectivity index (χ3n) is 10.3. The fourth-order valence-electron chi connectivity index (χ4n) is 7.70. The average Bonchev–Trinajstić information content (AvgIpc) is 3.66. The van der Waals surface area contributed by atoms with Crippen molar-refractivity contribution in [2.75, 3.05) is 0 Å². The molecule has 0 bridgehead atoms. The van der Waals surface area contributed by atoms with Crippen molar-refractivity contribution in [2.45, 2.75) is 24.7 Å². The molecule has 0 saturated heterocycles. The van der Waals surface area contributed by atoms with Crippen molar-refractivity contribution >= 4 is 55.2 Å². The lowest BCUT2D eigenvalue weighted by Gasteiger charge is -2.21. The highest BCUT2D eigenvalue weighted by molar-refractivity contribution is 6.29. The number of hydrogen-bond donors (Lipinski definition) is 0. The van der Waals surface area contributed by atoms with Gasteiger partial charge in [0, 0.05) is 55.2 Å². The second-order valence-electron chi connectivity index (χ2n) is 13.7. The van der Waals surface area contributed by atoms with Crippen molar-refractivity contribution in [3.05, 3.63) is 154 Å². The van der Waals surface area contributed by atoms with E-state index in [1.165, 1.54) is 24.3 Å². The van der Waals surface area contributed by atoms with Gasteiger partial charge < -0.3 is 9.13 Å². The van der Waals surface area contributed by atoms with Crippen molar-refractivity contribution in [1.29, 1.82) is 0 Å². The normalized spacial score (nSPS) is 13.9. The number of carbonyl (C=O) groups is 2. The van der Waals surface area contributed by atoms with E-state index < -0.39 is 58.5 Å². The minimum atomic E-state index is -4.83. The first-order chi connectivity index (χ1) is 27.1. The van der Waals surface area contributed by atoms with Gasteiger partial charge in [0.2, 0.25) is 0 Å². The summed E-state index contributed by atoms with van der Waals surface area (Å²) < 4.78 is 169. The predicted octanol–water partition coefficient (Wildman–Crippen LogP) is 12.7. The van der Waals surface area contributed by atoms with Crippen LogP contribution in [0.15, 0.2) is 109 Å². The van der Waals surface area contributed by atoms with Crippen molar-refractivity contribution in [1.82, 2.24) is 9.13 Å². The first-order valence-electron chi connectivity index (χ1n) is 16.9. The molecule has 9 rings (SSSR count). The summed E-state index contributed by atoms with van der Waals surface area (Å²) in [5.41, 5.74) is -5.99. The Balaban J connectivity index is 1.22. The minimum absolute atomic E-state index is 0.0511. The largest absolute Gasteiger partial charge is 0.416 e. The van der Waals surface area contributed by atoms with E-state index in [0.717, 1.165) is 94.1 Å². The van der Waals surface area contributed by atoms with Crippen molar-refractivity contribution in [3.63, 3.8) is 0 Å². The predicted molar refractivity (Wildman–Crippen MR) is 188 cm³/mol. The summed E-state index contributed by atoms with van der Waals surface area (Å²) in [5, 5.41) is 0.683. The zero-order valence-electron chi connectivity index (χ0n) is 28.6. The van der Waals surface area contributed by atoms with Crippen molar-refractivity contribution in [3.8, 4) is 11.4 Å². The van der Waals surface area contributed by atoms with Crippen LogP contribution >= 0.6 is 0 Å². The molecule has 0 saturated carbocycles. The van der Waals surface area contributed by atoms with Gasteiger partial charge in [-0.3, -0.25) is 9.59 Å². The van der Waals surface area contributed by atoms with Crippen LogP contribution in [0, 0.1) is 0 Å². The van der Waals surface area contributed by atoms with Crippen LogP contribution in [0.25, 0.3) is 55.0 Å². The summed E-state index contributed by atoms with van der Waals surface area (Å²) in [4.78, 5) is 28.2. The quantitative estimate of drug-likeness (QED) is 0.163. The Hall–Kier alpha value is -6.58. The summed E-state index contributed by atoms with van der Waals surface area (Å²) in [6.07, 6.45) is -19.3. The minimum Gasteiger partial charge on any atom is -0.309 e. The molecule has 2 heterocycles. The lowest BCUT2D eigenvalue weighted by molar-refractivity contribution is -0.138. The van der Waals surface area contributed by atoms with Crippen LogP contribution in [0.1, 0.15) is 54.1 Å². The summed E-state index contributed by atoms with van der Waals surface area (Å²) in [5.74, 6) is -1.57. The molecule has 0 unspecified atom stereocenters. The van der Waals surface area contributed by atoms with Gasteiger partial charge in [0.05, 0.1) is 44.3 Å². The first-order valence-corrected chi connectivity index (χ1v) is 16.9. The van der Waals surface area contributed by atoms with Gasteiger partial charge in [-0.25, -0.2) is 0 Å². The van der Waals surface area contributed by atoms with E-state index in [0.29, 0.717) is 0 Å². The highest BCUT2D eigenvalue weighted by Crippen LogP contribution is 2.43. The van der Waals surface area contributed by atoms with Crippen LogP contribution in [0.4, 0.5) is 52.7 Å². The molecular weight excluding hydrogens is 792 g/mol. The van der Waals surface area contributed by atoms with Crippen LogP contribution in [0.5, 0.6) is 0 Å². The van der Waals surface area contributed by atoms with Crippen LogP contribution in [-0.4, -0.2) is 20.7 Å². The molecule has 0 radical (unpaired) electrons. The van der Waals surface area contributed by atoms with Crippen LogP contribution < -0.4 is 0 Å². The van der Waals surface area contributed by atoms with Gasteiger partial charge in [0.15, 0.2) is 11.6 Å². The molecular formula is C42H18F12N2O2. The smallest absolute Gasteiger partial charge is 0.309 e. The molecule has 1 aliphatic carbocycles. The molecule has 16 heteroatoms. The Morgan fingerprint density at radius 1 is 0.310 bits per heavy atom. The first kappa shape index (κ1) is 37.0. The topological polar surface area (TPSA) is 44.0 Å². The van der Waals surface area contributed by atoms with Gasteiger partial charge in [0.25, 0.3) is 0 Å². The Labute approximate surface area is 316 Å². The van der Waals surface area contributed by atoms with Gasteiger partial charge in [-0.15, -0.1) is 0 Å². The molecule has 4 nitrogen and oxygen atoms in total. The molecule has 0 atom stereocenters. The lowest BCUT2D eigenvalue weighted by Crippen LogP contribution is -2.21. The number of nitrogens with zero attached hydrogens (tertiary/aromatic N) is 2. The Morgan fingerprint density at radius 2 is 0.569 bits per heavy atom. The van der Waals surface area contributed by atoms with E-state index in [2.05, 4.69) is 0 Å². The van der Waals surface area contributed by atoms with E-state index in [9.17, 15) is 62.3 Å². The molecule has 2 aromatic heterocycles. The van der Waals surface area contributed by atoms with E-state index in [4.69, 9.17) is 0 Å². The zero-order valence-corrected chi connectivity index (χ0v) is 28.6. The Bertz CT molecular complexity index is 2750. The molecule has 0 spiro atoms. The molecule has 0 fully saturated rings. The van der Waals surface area contributed by atoms with E-state index in [1.807, 2.05) is 0 Å². The number of halogens is 12. The summed E-state index contributed by atoms with van der Waals surface area (Å²) >= 11 is 0. The highest BCUT2D eigenvalue weighted by Gasteiger charge is 2.36. The van der Waals surface area contributed by atoms with Crippen molar-refractivity contribution < 1.29 is 62.3 Å². The van der Waals surface area contributed by atoms with Crippen molar-refractivity contribution in [2.24, 2.45) is 0 Å². The number of ketones is 2. The number of fused-ring (bicyclic) bond motifs is 8. The molecule has 8 aromatic rings. The second-order valence-corrected chi connectivity index (χ2v) is 13.7. The summed E-state index contributed by atoms with van der Waals surface area (Å²) in [6.45, 7) is 0. The van der Waals surface area contributed by atoms with Crippen LogP contribution in [0.3, 0.4) is 0 Å². The third-order valence-corrected chi connectivity index (χ3v) is 10.3. The molecule has 0 aliphatic heterocycles. The molecule has 1 aliphatic rings. The average molecular weight is 811 g/mol. The van der Waals surface area contributed by atoms with Crippen LogP contribution in [-0.2, 0) is 24.7 Å². The number of carbonyl (C=O) groups excluding carboxylic acids is 2. The Morgan fingerprint density at radius 3 is 0.810 bits per heavy atom. The van der Waals surface area contributed by atoms with Gasteiger partial charge in [-0.1, -0.05) is 24.3 Å². The van der Waals surface area contributed by atoms with Gasteiger partial charge in [-0.05, 0) is 84.9 Å². The molecule has 6 aromatic carbocycles. The molecule has 0 N–H and O–H groups in total. The SMILES string of the molecule is O=C1c2ccc(-n3c4cc(C(F)(F)F)ccc4c4ccc(C(F)(F)F)cc43)cc2C(=O)c2ccc(-n3c4cc(C(F)(F)F)ccc4c4ccc(C(F)(F)F)cc43)cc21. The summed E-state index contributed by atoms with van der Waals surface area (Å²) in [7, 11) is 0. The second kappa shape index (κ2) is 12.0. The van der Waals surface area contributed by atoms with Gasteiger partial charge in [0.1, 0.15) is 0 Å². The number of benzene rings is 6. The molecule has 58 heavy (non-hydrogen) atoms. The van der Waals surface area contributed by atoms with Gasteiger partial charge in [-0.2, -0.15) is 52.7 Å². The zero-order chi connectivity index (χ0) is 41.4. The number of hydrogen-bond acceptors (Lipinski definition) is 2. The van der Waals surface area contributed by atoms with Gasteiger partial charge >= 0.3 is 24.7 Å². The maximum Gasteiger partial charge on any atom is 0.416 e. The number of alkyl halides is 12. The number of aromatic nitrogens is 2. The lowest BCUT2D eigenvalue weighted by atomic mass is 9.83. The highest BCUT2D eigenvalue weighted by atomic mass is 19.4. The number of rotatable bonds is 2. The summed E-state index contributed by atoms with van der Waals surface area (Å²) in [6, 6.07) is 17.8. The fourth-order valence-corrected chi connectivity index (χ4v) is 7.70. The Kier molecular flexibility index (Phi) is 7.64.